The first-order chi connectivity index (χ1) is 10.1. The van der Waals surface area contributed by atoms with E-state index in [-0.39, 0.29) is 10.6 Å². The van der Waals surface area contributed by atoms with Gasteiger partial charge >= 0.3 is 0 Å². The van der Waals surface area contributed by atoms with Crippen LogP contribution in [0.3, 0.4) is 0 Å². The number of hydrogen-bond donors (Lipinski definition) is 1. The molecular weight excluding hydrogens is 334 g/mol. The fraction of sp³-hybridized carbons (Fsp3) is 0.600. The quantitative estimate of drug-likeness (QED) is 0.667. The molecule has 2 atom stereocenters. The first-order valence-corrected chi connectivity index (χ1v) is 8.33. The van der Waals surface area contributed by atoms with Gasteiger partial charge in [0.25, 0.3) is 5.69 Å². The highest BCUT2D eigenvalue weighted by atomic mass is 79.9. The zero-order chi connectivity index (χ0) is 14.8. The van der Waals surface area contributed by atoms with Gasteiger partial charge in [-0.15, -0.1) is 0 Å². The molecule has 3 rings (SSSR count). The van der Waals surface area contributed by atoms with E-state index in [0.717, 1.165) is 29.0 Å². The molecule has 1 N–H and O–H groups in total. The number of rotatable bonds is 4. The summed E-state index contributed by atoms with van der Waals surface area (Å²) in [4.78, 5) is 13.4. The van der Waals surface area contributed by atoms with Crippen molar-refractivity contribution in [2.75, 3.05) is 13.1 Å². The summed E-state index contributed by atoms with van der Waals surface area (Å²) < 4.78 is 0.747. The second-order valence-electron chi connectivity index (χ2n) is 5.96. The molecule has 2 unspecified atom stereocenters. The van der Waals surface area contributed by atoms with Crippen LogP contribution < -0.4 is 5.32 Å². The van der Waals surface area contributed by atoms with Crippen LogP contribution in [0, 0.1) is 10.1 Å². The number of nitrogens with one attached hydrogen (secondary N) is 1. The lowest BCUT2D eigenvalue weighted by Gasteiger charge is -2.35. The van der Waals surface area contributed by atoms with Crippen molar-refractivity contribution in [3.05, 3.63) is 38.3 Å². The Balaban J connectivity index is 1.61. The predicted molar refractivity (Wildman–Crippen MR) is 85.3 cm³/mol. The number of halogens is 1. The molecule has 0 radical (unpaired) electrons. The zero-order valence-electron chi connectivity index (χ0n) is 11.9. The summed E-state index contributed by atoms with van der Waals surface area (Å²) in [6.45, 7) is 2.97. The van der Waals surface area contributed by atoms with Crippen LogP contribution in [0.25, 0.3) is 0 Å². The van der Waals surface area contributed by atoms with E-state index in [0.29, 0.717) is 12.6 Å². The monoisotopic (exact) mass is 353 g/mol. The molecule has 5 nitrogen and oxygen atoms in total. The van der Waals surface area contributed by atoms with Crippen molar-refractivity contribution < 1.29 is 4.92 Å². The Hall–Kier alpha value is -0.980. The van der Waals surface area contributed by atoms with E-state index in [4.69, 9.17) is 0 Å². The first kappa shape index (κ1) is 14.9. The van der Waals surface area contributed by atoms with Gasteiger partial charge in [-0.05, 0) is 50.9 Å². The van der Waals surface area contributed by atoms with E-state index in [1.165, 1.54) is 25.8 Å². The molecule has 6 heteroatoms. The smallest absolute Gasteiger partial charge is 0.275 e. The standard InChI is InChI=1S/C15H20BrN3O2/c16-12-4-3-11(15(8-12)19(20)21)10-17-13-5-7-18-6-1-2-14(18)9-13/h3-4,8,13-14,17H,1-2,5-7,9-10H2. The van der Waals surface area contributed by atoms with Crippen molar-refractivity contribution >= 4 is 21.6 Å². The minimum absolute atomic E-state index is 0.190. The zero-order valence-corrected chi connectivity index (χ0v) is 13.5. The summed E-state index contributed by atoms with van der Waals surface area (Å²) in [5, 5.41) is 14.6. The molecule has 2 heterocycles. The topological polar surface area (TPSA) is 58.4 Å². The third kappa shape index (κ3) is 3.44. The van der Waals surface area contributed by atoms with Gasteiger partial charge in [-0.25, -0.2) is 0 Å². The second kappa shape index (κ2) is 6.42. The average Bonchev–Trinajstić information content (AvgIpc) is 2.93. The highest BCUT2D eigenvalue weighted by molar-refractivity contribution is 9.10. The fourth-order valence-corrected chi connectivity index (χ4v) is 3.87. The summed E-state index contributed by atoms with van der Waals surface area (Å²) in [5.41, 5.74) is 0.951. The lowest BCUT2D eigenvalue weighted by atomic mass is 9.97. The number of hydrogen-bond acceptors (Lipinski definition) is 4. The number of benzene rings is 1. The number of nitro groups is 1. The van der Waals surface area contributed by atoms with Crippen molar-refractivity contribution in [3.63, 3.8) is 0 Å². The van der Waals surface area contributed by atoms with Gasteiger partial charge in [-0.2, -0.15) is 0 Å². The summed E-state index contributed by atoms with van der Waals surface area (Å²) in [6, 6.07) is 6.48. The maximum Gasteiger partial charge on any atom is 0.275 e. The van der Waals surface area contributed by atoms with Gasteiger partial charge in [-0.1, -0.05) is 15.9 Å². The van der Waals surface area contributed by atoms with Crippen molar-refractivity contribution in [1.82, 2.24) is 10.2 Å². The van der Waals surface area contributed by atoms with Crippen LogP contribution in [-0.4, -0.2) is 35.0 Å². The number of nitro benzene ring substituents is 1. The normalized spacial score (nSPS) is 25.8. The third-order valence-corrected chi connectivity index (χ3v) is 5.14. The molecule has 0 spiro atoms. The van der Waals surface area contributed by atoms with Crippen molar-refractivity contribution in [1.29, 1.82) is 0 Å². The lowest BCUT2D eigenvalue weighted by Crippen LogP contribution is -2.45. The van der Waals surface area contributed by atoms with Crippen LogP contribution in [0.2, 0.25) is 0 Å². The molecule has 0 aromatic heterocycles. The van der Waals surface area contributed by atoms with Crippen LogP contribution in [0.4, 0.5) is 5.69 Å². The first-order valence-electron chi connectivity index (χ1n) is 7.54. The Labute approximate surface area is 133 Å². The molecular formula is C15H20BrN3O2. The average molecular weight is 354 g/mol. The van der Waals surface area contributed by atoms with Gasteiger partial charge < -0.3 is 10.2 Å². The Bertz CT molecular complexity index is 538. The van der Waals surface area contributed by atoms with Gasteiger partial charge in [0.1, 0.15) is 0 Å². The molecule has 0 saturated carbocycles. The third-order valence-electron chi connectivity index (χ3n) is 4.65. The van der Waals surface area contributed by atoms with E-state index in [1.54, 1.807) is 6.07 Å². The molecule has 2 saturated heterocycles. The maximum atomic E-state index is 11.1. The second-order valence-corrected chi connectivity index (χ2v) is 6.88. The van der Waals surface area contributed by atoms with Crippen LogP contribution >= 0.6 is 15.9 Å². The minimum atomic E-state index is -0.304. The van der Waals surface area contributed by atoms with Crippen LogP contribution in [0.15, 0.2) is 22.7 Å². The maximum absolute atomic E-state index is 11.1. The van der Waals surface area contributed by atoms with Gasteiger partial charge in [0.2, 0.25) is 0 Å². The van der Waals surface area contributed by atoms with Gasteiger partial charge in [0.05, 0.1) is 4.92 Å². The predicted octanol–water partition coefficient (Wildman–Crippen LogP) is 3.07. The Morgan fingerprint density at radius 3 is 3.05 bits per heavy atom. The van der Waals surface area contributed by atoms with Gasteiger partial charge in [-0.3, -0.25) is 10.1 Å². The summed E-state index contributed by atoms with van der Waals surface area (Å²) in [5.74, 6) is 0. The number of fused-ring (bicyclic) bond motifs is 1. The number of nitrogens with zero attached hydrogens (tertiary/aromatic N) is 2. The van der Waals surface area contributed by atoms with E-state index in [1.807, 2.05) is 12.1 Å². The largest absolute Gasteiger partial charge is 0.310 e. The fourth-order valence-electron chi connectivity index (χ4n) is 3.52. The van der Waals surface area contributed by atoms with Crippen LogP contribution in [0.5, 0.6) is 0 Å². The van der Waals surface area contributed by atoms with E-state index in [9.17, 15) is 10.1 Å². The highest BCUT2D eigenvalue weighted by Crippen LogP contribution is 2.28. The summed E-state index contributed by atoms with van der Waals surface area (Å²) in [7, 11) is 0. The van der Waals surface area contributed by atoms with Crippen molar-refractivity contribution in [3.8, 4) is 0 Å². The van der Waals surface area contributed by atoms with Gasteiger partial charge in [0.15, 0.2) is 0 Å². The summed E-state index contributed by atoms with van der Waals surface area (Å²) >= 11 is 3.29. The molecule has 114 valence electrons. The number of piperidine rings is 1. The molecule has 1 aromatic carbocycles. The van der Waals surface area contributed by atoms with E-state index < -0.39 is 0 Å². The van der Waals surface area contributed by atoms with Crippen molar-refractivity contribution in [2.24, 2.45) is 0 Å². The Kier molecular flexibility index (Phi) is 4.57. The molecule has 2 fully saturated rings. The summed E-state index contributed by atoms with van der Waals surface area (Å²) in [6.07, 6.45) is 4.93. The molecule has 21 heavy (non-hydrogen) atoms. The Morgan fingerprint density at radius 1 is 1.38 bits per heavy atom. The minimum Gasteiger partial charge on any atom is -0.310 e. The molecule has 2 aliphatic heterocycles. The Morgan fingerprint density at radius 2 is 2.24 bits per heavy atom. The van der Waals surface area contributed by atoms with E-state index in [2.05, 4.69) is 26.1 Å². The van der Waals surface area contributed by atoms with E-state index >= 15 is 0 Å². The molecule has 0 amide bonds. The lowest BCUT2D eigenvalue weighted by molar-refractivity contribution is -0.385. The molecule has 0 aliphatic carbocycles. The molecule has 2 aliphatic rings. The molecule has 1 aromatic rings. The van der Waals surface area contributed by atoms with Gasteiger partial charge in [0, 0.05) is 34.7 Å². The molecule has 0 bridgehead atoms. The van der Waals surface area contributed by atoms with Crippen LogP contribution in [-0.2, 0) is 6.54 Å². The van der Waals surface area contributed by atoms with Crippen molar-refractivity contribution in [2.45, 2.75) is 44.3 Å². The van der Waals surface area contributed by atoms with Crippen LogP contribution in [0.1, 0.15) is 31.2 Å². The SMILES string of the molecule is O=[N+]([O-])c1cc(Br)ccc1CNC1CCN2CCCC2C1. The highest BCUT2D eigenvalue weighted by Gasteiger charge is 2.31.